The van der Waals surface area contributed by atoms with Crippen molar-refractivity contribution in [3.05, 3.63) is 40.9 Å². The third kappa shape index (κ3) is 3.47. The highest BCUT2D eigenvalue weighted by atomic mass is 32.1. The van der Waals surface area contributed by atoms with Crippen LogP contribution in [0.3, 0.4) is 0 Å². The predicted octanol–water partition coefficient (Wildman–Crippen LogP) is 4.11. The lowest BCUT2D eigenvalue weighted by Crippen LogP contribution is -2.21. The second kappa shape index (κ2) is 5.49. The molecule has 4 nitrogen and oxygen atoms in total. The molecule has 0 radical (unpaired) electrons. The first-order valence-electron chi connectivity index (χ1n) is 5.53. The molecule has 0 aliphatic rings. The zero-order valence-corrected chi connectivity index (χ0v) is 11.1. The molecule has 0 aliphatic heterocycles. The maximum atomic E-state index is 12.7. The number of amides is 2. The minimum atomic E-state index is -4.53. The van der Waals surface area contributed by atoms with Crippen LogP contribution < -0.4 is 10.6 Å². The maximum absolute atomic E-state index is 12.7. The van der Waals surface area contributed by atoms with Gasteiger partial charge >= 0.3 is 12.2 Å². The molecular formula is C12H10F3N3OS. The van der Waals surface area contributed by atoms with E-state index in [1.165, 1.54) is 29.5 Å². The molecule has 2 rings (SSSR count). The molecule has 0 atom stereocenters. The van der Waals surface area contributed by atoms with E-state index in [2.05, 4.69) is 15.6 Å². The van der Waals surface area contributed by atoms with Gasteiger partial charge < -0.3 is 5.32 Å². The topological polar surface area (TPSA) is 54.0 Å². The van der Waals surface area contributed by atoms with E-state index >= 15 is 0 Å². The molecule has 0 aliphatic carbocycles. The van der Waals surface area contributed by atoms with Crippen molar-refractivity contribution >= 4 is 28.2 Å². The molecule has 0 spiro atoms. The van der Waals surface area contributed by atoms with Crippen LogP contribution in [-0.2, 0) is 6.18 Å². The number of carbonyl (C=O) groups excluding carboxylic acids is 1. The minimum Gasteiger partial charge on any atom is -0.307 e. The molecule has 0 bridgehead atoms. The van der Waals surface area contributed by atoms with Crippen LogP contribution in [0.15, 0.2) is 30.5 Å². The summed E-state index contributed by atoms with van der Waals surface area (Å²) in [5.41, 5.74) is -1.20. The number of para-hydroxylation sites is 1. The van der Waals surface area contributed by atoms with Gasteiger partial charge in [-0.25, -0.2) is 9.78 Å². The van der Waals surface area contributed by atoms with Crippen molar-refractivity contribution in [2.75, 3.05) is 10.6 Å². The predicted molar refractivity (Wildman–Crippen MR) is 70.9 cm³/mol. The normalized spacial score (nSPS) is 11.2. The van der Waals surface area contributed by atoms with Gasteiger partial charge in [0.1, 0.15) is 0 Å². The Morgan fingerprint density at radius 3 is 2.55 bits per heavy atom. The number of urea groups is 1. The average molecular weight is 301 g/mol. The molecule has 2 N–H and O–H groups in total. The van der Waals surface area contributed by atoms with Crippen LogP contribution in [0.25, 0.3) is 0 Å². The highest BCUT2D eigenvalue weighted by molar-refractivity contribution is 7.15. The molecule has 1 aromatic heterocycles. The first-order chi connectivity index (χ1) is 9.36. The summed E-state index contributed by atoms with van der Waals surface area (Å²) in [5, 5.41) is 4.87. The van der Waals surface area contributed by atoms with Gasteiger partial charge in [0, 0.05) is 11.1 Å². The summed E-state index contributed by atoms with van der Waals surface area (Å²) in [5.74, 6) is 0. The summed E-state index contributed by atoms with van der Waals surface area (Å²) < 4.78 is 38.2. The summed E-state index contributed by atoms with van der Waals surface area (Å²) in [6.07, 6.45) is -2.97. The number of anilines is 2. The summed E-state index contributed by atoms with van der Waals surface area (Å²) in [6, 6.07) is 4.00. The highest BCUT2D eigenvalue weighted by Crippen LogP contribution is 2.34. The lowest BCUT2D eigenvalue weighted by Gasteiger charge is -2.13. The summed E-state index contributed by atoms with van der Waals surface area (Å²) in [7, 11) is 0. The smallest absolute Gasteiger partial charge is 0.307 e. The Labute approximate surface area is 116 Å². The van der Waals surface area contributed by atoms with Gasteiger partial charge in [0.2, 0.25) is 0 Å². The Bertz CT molecular complexity index is 624. The first kappa shape index (κ1) is 14.3. The SMILES string of the molecule is Cc1cnc(NC(=O)Nc2ccccc2C(F)(F)F)s1. The van der Waals surface area contributed by atoms with Crippen LogP contribution in [0.1, 0.15) is 10.4 Å². The second-order valence-electron chi connectivity index (χ2n) is 3.90. The van der Waals surface area contributed by atoms with Crippen molar-refractivity contribution in [1.82, 2.24) is 4.98 Å². The van der Waals surface area contributed by atoms with Gasteiger partial charge in [0.05, 0.1) is 11.3 Å². The Balaban J connectivity index is 2.12. The van der Waals surface area contributed by atoms with Gasteiger partial charge in [0.25, 0.3) is 0 Å². The minimum absolute atomic E-state index is 0.300. The van der Waals surface area contributed by atoms with E-state index in [0.29, 0.717) is 5.13 Å². The Morgan fingerprint density at radius 2 is 1.95 bits per heavy atom. The molecular weight excluding hydrogens is 291 g/mol. The number of nitrogens with zero attached hydrogens (tertiary/aromatic N) is 1. The molecule has 1 aromatic carbocycles. The van der Waals surface area contributed by atoms with E-state index in [0.717, 1.165) is 10.9 Å². The van der Waals surface area contributed by atoms with Crippen LogP contribution in [0.5, 0.6) is 0 Å². The molecule has 106 valence electrons. The van der Waals surface area contributed by atoms with Crippen LogP contribution in [-0.4, -0.2) is 11.0 Å². The number of alkyl halides is 3. The number of hydrogen-bond acceptors (Lipinski definition) is 3. The summed E-state index contributed by atoms with van der Waals surface area (Å²) in [6.45, 7) is 1.81. The van der Waals surface area contributed by atoms with Crippen LogP contribution in [0.4, 0.5) is 28.8 Å². The highest BCUT2D eigenvalue weighted by Gasteiger charge is 2.33. The molecule has 2 amide bonds. The Kier molecular flexibility index (Phi) is 3.93. The number of hydrogen-bond donors (Lipinski definition) is 2. The van der Waals surface area contributed by atoms with Crippen molar-refractivity contribution < 1.29 is 18.0 Å². The van der Waals surface area contributed by atoms with Crippen molar-refractivity contribution in [2.45, 2.75) is 13.1 Å². The number of carbonyl (C=O) groups is 1. The molecule has 0 saturated carbocycles. The van der Waals surface area contributed by atoms with Gasteiger partial charge in [-0.05, 0) is 19.1 Å². The van der Waals surface area contributed by atoms with E-state index in [1.807, 2.05) is 0 Å². The molecule has 8 heteroatoms. The number of rotatable bonds is 2. The van der Waals surface area contributed by atoms with Crippen molar-refractivity contribution in [3.8, 4) is 0 Å². The molecule has 0 saturated heterocycles. The fourth-order valence-electron chi connectivity index (χ4n) is 1.50. The van der Waals surface area contributed by atoms with Gasteiger partial charge in [-0.2, -0.15) is 13.2 Å². The van der Waals surface area contributed by atoms with Crippen molar-refractivity contribution in [3.63, 3.8) is 0 Å². The first-order valence-corrected chi connectivity index (χ1v) is 6.34. The fraction of sp³-hybridized carbons (Fsp3) is 0.167. The Morgan fingerprint density at radius 1 is 1.25 bits per heavy atom. The van der Waals surface area contributed by atoms with E-state index in [9.17, 15) is 18.0 Å². The van der Waals surface area contributed by atoms with Crippen LogP contribution in [0.2, 0.25) is 0 Å². The number of halogens is 3. The monoisotopic (exact) mass is 301 g/mol. The number of benzene rings is 1. The van der Waals surface area contributed by atoms with E-state index in [1.54, 1.807) is 13.1 Å². The second-order valence-corrected chi connectivity index (χ2v) is 5.13. The van der Waals surface area contributed by atoms with Crippen LogP contribution in [0, 0.1) is 6.92 Å². The zero-order valence-electron chi connectivity index (χ0n) is 10.3. The standard InChI is InChI=1S/C12H10F3N3OS/c1-7-6-16-11(20-7)18-10(19)17-9-5-3-2-4-8(9)12(13,14)15/h2-6H,1H3,(H2,16,17,18,19). The van der Waals surface area contributed by atoms with E-state index < -0.39 is 17.8 Å². The van der Waals surface area contributed by atoms with Gasteiger partial charge in [-0.1, -0.05) is 12.1 Å². The van der Waals surface area contributed by atoms with Gasteiger partial charge in [0.15, 0.2) is 5.13 Å². The fourth-order valence-corrected chi connectivity index (χ4v) is 2.16. The number of thiazole rings is 1. The van der Waals surface area contributed by atoms with Crippen molar-refractivity contribution in [2.24, 2.45) is 0 Å². The average Bonchev–Trinajstić information content (AvgIpc) is 2.73. The van der Waals surface area contributed by atoms with E-state index in [4.69, 9.17) is 0 Å². The third-order valence-electron chi connectivity index (χ3n) is 2.32. The molecule has 0 fully saturated rings. The lowest BCUT2D eigenvalue weighted by atomic mass is 10.1. The van der Waals surface area contributed by atoms with Gasteiger partial charge in [-0.15, -0.1) is 11.3 Å². The van der Waals surface area contributed by atoms with Crippen molar-refractivity contribution in [1.29, 1.82) is 0 Å². The number of nitrogens with one attached hydrogen (secondary N) is 2. The zero-order chi connectivity index (χ0) is 14.8. The number of aromatic nitrogens is 1. The summed E-state index contributed by atoms with van der Waals surface area (Å²) in [4.78, 5) is 16.4. The number of aryl methyl sites for hydroxylation is 1. The van der Waals surface area contributed by atoms with Gasteiger partial charge in [-0.3, -0.25) is 5.32 Å². The molecule has 20 heavy (non-hydrogen) atoms. The quantitative estimate of drug-likeness (QED) is 0.877. The Hall–Kier alpha value is -2.09. The summed E-state index contributed by atoms with van der Waals surface area (Å²) >= 11 is 1.23. The van der Waals surface area contributed by atoms with Crippen LogP contribution >= 0.6 is 11.3 Å². The lowest BCUT2D eigenvalue weighted by molar-refractivity contribution is -0.136. The largest absolute Gasteiger partial charge is 0.418 e. The molecule has 1 heterocycles. The molecule has 0 unspecified atom stereocenters. The maximum Gasteiger partial charge on any atom is 0.418 e. The third-order valence-corrected chi connectivity index (χ3v) is 3.15. The molecule has 2 aromatic rings. The van der Waals surface area contributed by atoms with E-state index in [-0.39, 0.29) is 5.69 Å².